The first kappa shape index (κ1) is 16.3. The molecule has 1 unspecified atom stereocenters. The summed E-state index contributed by atoms with van der Waals surface area (Å²) in [7, 11) is 0. The van der Waals surface area contributed by atoms with E-state index in [1.807, 2.05) is 51.1 Å². The summed E-state index contributed by atoms with van der Waals surface area (Å²) < 4.78 is 6.93. The Morgan fingerprint density at radius 2 is 1.76 bits per heavy atom. The van der Waals surface area contributed by atoms with Crippen LogP contribution in [0.4, 0.5) is 0 Å². The number of aryl methyl sites for hydroxylation is 2. The molecule has 0 aromatic heterocycles. The minimum absolute atomic E-state index is 0.134. The van der Waals surface area contributed by atoms with E-state index in [4.69, 9.17) is 22.1 Å². The third kappa shape index (κ3) is 4.22. The summed E-state index contributed by atoms with van der Waals surface area (Å²) in [6.07, 6.45) is 0.833. The van der Waals surface area contributed by atoms with Crippen molar-refractivity contribution in [1.82, 2.24) is 0 Å². The predicted octanol–water partition coefficient (Wildman–Crippen LogP) is 5.40. The topological polar surface area (TPSA) is 35.2 Å². The van der Waals surface area contributed by atoms with Gasteiger partial charge in [0.1, 0.15) is 11.5 Å². The van der Waals surface area contributed by atoms with Crippen LogP contribution in [0.5, 0.6) is 11.5 Å². The molecule has 21 heavy (non-hydrogen) atoms. The largest absolute Gasteiger partial charge is 0.457 e. The standard InChI is InChI=1S/C17H19BrClNO/c1-10-6-15(7-11(2)17(10)19)21-14-5-4-13(8-12(3)20)16(18)9-14/h4-7,9,12H,8,20H2,1-3H3. The first-order chi connectivity index (χ1) is 9.86. The summed E-state index contributed by atoms with van der Waals surface area (Å²) in [6.45, 7) is 5.95. The van der Waals surface area contributed by atoms with Gasteiger partial charge in [-0.25, -0.2) is 0 Å². The fourth-order valence-electron chi connectivity index (χ4n) is 2.21. The molecule has 0 aliphatic carbocycles. The number of halogens is 2. The Kier molecular flexibility index (Phi) is 5.31. The number of hydrogen-bond acceptors (Lipinski definition) is 2. The number of nitrogens with two attached hydrogens (primary N) is 1. The van der Waals surface area contributed by atoms with Gasteiger partial charge in [0.2, 0.25) is 0 Å². The van der Waals surface area contributed by atoms with Gasteiger partial charge in [-0.05, 0) is 68.1 Å². The quantitative estimate of drug-likeness (QED) is 0.784. The van der Waals surface area contributed by atoms with Crippen molar-refractivity contribution in [2.24, 2.45) is 5.73 Å². The maximum Gasteiger partial charge on any atom is 0.128 e. The molecule has 0 radical (unpaired) electrons. The molecule has 2 aromatic carbocycles. The Morgan fingerprint density at radius 3 is 2.29 bits per heavy atom. The van der Waals surface area contributed by atoms with Crippen LogP contribution in [0.25, 0.3) is 0 Å². The molecule has 0 spiro atoms. The van der Waals surface area contributed by atoms with Gasteiger partial charge in [0.05, 0.1) is 0 Å². The average Bonchev–Trinajstić information content (AvgIpc) is 2.39. The molecule has 0 aliphatic rings. The van der Waals surface area contributed by atoms with E-state index in [0.717, 1.165) is 38.5 Å². The SMILES string of the molecule is Cc1cc(Oc2ccc(CC(C)N)c(Br)c2)cc(C)c1Cl. The van der Waals surface area contributed by atoms with Crippen LogP contribution in [0, 0.1) is 13.8 Å². The molecule has 0 saturated heterocycles. The van der Waals surface area contributed by atoms with Gasteiger partial charge in [-0.1, -0.05) is 33.6 Å². The van der Waals surface area contributed by atoms with Crippen LogP contribution >= 0.6 is 27.5 Å². The highest BCUT2D eigenvalue weighted by Gasteiger charge is 2.08. The van der Waals surface area contributed by atoms with E-state index >= 15 is 0 Å². The molecular weight excluding hydrogens is 350 g/mol. The van der Waals surface area contributed by atoms with Crippen molar-refractivity contribution < 1.29 is 4.74 Å². The summed E-state index contributed by atoms with van der Waals surface area (Å²) in [5, 5.41) is 0.788. The summed E-state index contributed by atoms with van der Waals surface area (Å²) in [6, 6.07) is 9.99. The highest BCUT2D eigenvalue weighted by Crippen LogP contribution is 2.31. The molecule has 2 rings (SSSR count). The third-order valence-electron chi connectivity index (χ3n) is 3.21. The first-order valence-corrected chi connectivity index (χ1v) is 8.02. The zero-order chi connectivity index (χ0) is 15.6. The number of hydrogen-bond donors (Lipinski definition) is 1. The molecule has 2 aromatic rings. The van der Waals surface area contributed by atoms with Gasteiger partial charge < -0.3 is 10.5 Å². The lowest BCUT2D eigenvalue weighted by Crippen LogP contribution is -2.17. The van der Waals surface area contributed by atoms with Crippen LogP contribution in [0.1, 0.15) is 23.6 Å². The Balaban J connectivity index is 2.22. The number of ether oxygens (including phenoxy) is 1. The lowest BCUT2D eigenvalue weighted by Gasteiger charge is -2.12. The fraction of sp³-hybridized carbons (Fsp3) is 0.294. The van der Waals surface area contributed by atoms with Crippen LogP contribution in [0.15, 0.2) is 34.8 Å². The monoisotopic (exact) mass is 367 g/mol. The molecule has 0 amide bonds. The summed E-state index contributed by atoms with van der Waals surface area (Å²) in [4.78, 5) is 0. The first-order valence-electron chi connectivity index (χ1n) is 6.85. The Morgan fingerprint density at radius 1 is 1.14 bits per heavy atom. The van der Waals surface area contributed by atoms with E-state index in [2.05, 4.69) is 15.9 Å². The molecule has 0 fully saturated rings. The van der Waals surface area contributed by atoms with Crippen molar-refractivity contribution in [2.45, 2.75) is 33.2 Å². The van der Waals surface area contributed by atoms with E-state index < -0.39 is 0 Å². The van der Waals surface area contributed by atoms with E-state index in [1.165, 1.54) is 5.56 Å². The van der Waals surface area contributed by atoms with Gasteiger partial charge in [-0.3, -0.25) is 0 Å². The second-order valence-corrected chi connectivity index (χ2v) is 6.64. The average molecular weight is 369 g/mol. The van der Waals surface area contributed by atoms with Gasteiger partial charge in [0.15, 0.2) is 0 Å². The van der Waals surface area contributed by atoms with Crippen LogP contribution < -0.4 is 10.5 Å². The molecule has 2 N–H and O–H groups in total. The van der Waals surface area contributed by atoms with Crippen molar-refractivity contribution in [3.63, 3.8) is 0 Å². The maximum atomic E-state index is 6.17. The number of benzene rings is 2. The van der Waals surface area contributed by atoms with E-state index in [0.29, 0.717) is 0 Å². The van der Waals surface area contributed by atoms with Crippen LogP contribution in [0.2, 0.25) is 5.02 Å². The van der Waals surface area contributed by atoms with Crippen molar-refractivity contribution >= 4 is 27.5 Å². The highest BCUT2D eigenvalue weighted by molar-refractivity contribution is 9.10. The second-order valence-electron chi connectivity index (χ2n) is 5.41. The molecule has 4 heteroatoms. The molecule has 0 aliphatic heterocycles. The van der Waals surface area contributed by atoms with E-state index in [-0.39, 0.29) is 6.04 Å². The van der Waals surface area contributed by atoms with Crippen molar-refractivity contribution in [2.75, 3.05) is 0 Å². The molecule has 0 heterocycles. The van der Waals surface area contributed by atoms with Gasteiger partial charge in [0, 0.05) is 15.5 Å². The molecular formula is C17H19BrClNO. The summed E-state index contributed by atoms with van der Waals surface area (Å²) >= 11 is 9.75. The highest BCUT2D eigenvalue weighted by atomic mass is 79.9. The normalized spacial score (nSPS) is 12.3. The fourth-order valence-corrected chi connectivity index (χ4v) is 2.83. The van der Waals surface area contributed by atoms with Crippen molar-refractivity contribution in [1.29, 1.82) is 0 Å². The van der Waals surface area contributed by atoms with Crippen LogP contribution in [-0.2, 0) is 6.42 Å². The van der Waals surface area contributed by atoms with E-state index in [1.54, 1.807) is 0 Å². The second kappa shape index (κ2) is 6.82. The molecule has 2 nitrogen and oxygen atoms in total. The predicted molar refractivity (Wildman–Crippen MR) is 92.5 cm³/mol. The van der Waals surface area contributed by atoms with Crippen LogP contribution in [-0.4, -0.2) is 6.04 Å². The number of rotatable bonds is 4. The lowest BCUT2D eigenvalue weighted by molar-refractivity contribution is 0.481. The third-order valence-corrected chi connectivity index (χ3v) is 4.55. The summed E-state index contributed by atoms with van der Waals surface area (Å²) in [5.74, 6) is 1.58. The maximum absolute atomic E-state index is 6.17. The van der Waals surface area contributed by atoms with Gasteiger partial charge >= 0.3 is 0 Å². The van der Waals surface area contributed by atoms with Crippen molar-refractivity contribution in [3.05, 3.63) is 56.5 Å². The minimum atomic E-state index is 0.134. The van der Waals surface area contributed by atoms with Gasteiger partial charge in [-0.2, -0.15) is 0 Å². The zero-order valence-corrected chi connectivity index (χ0v) is 14.8. The smallest absolute Gasteiger partial charge is 0.128 e. The van der Waals surface area contributed by atoms with E-state index in [9.17, 15) is 0 Å². The zero-order valence-electron chi connectivity index (χ0n) is 12.4. The van der Waals surface area contributed by atoms with Crippen LogP contribution in [0.3, 0.4) is 0 Å². The van der Waals surface area contributed by atoms with Crippen molar-refractivity contribution in [3.8, 4) is 11.5 Å². The Bertz CT molecular complexity index is 632. The van der Waals surface area contributed by atoms with Gasteiger partial charge in [0.25, 0.3) is 0 Å². The van der Waals surface area contributed by atoms with Gasteiger partial charge in [-0.15, -0.1) is 0 Å². The lowest BCUT2D eigenvalue weighted by atomic mass is 10.1. The molecule has 1 atom stereocenters. The molecule has 112 valence electrons. The minimum Gasteiger partial charge on any atom is -0.457 e. The summed E-state index contributed by atoms with van der Waals surface area (Å²) in [5.41, 5.74) is 9.05. The Labute approximate surface area is 139 Å². The molecule has 0 saturated carbocycles. The Hall–Kier alpha value is -1.03. The molecule has 0 bridgehead atoms.